The topological polar surface area (TPSA) is 75.7 Å². The Hall–Kier alpha value is -2.54. The molecule has 0 bridgehead atoms. The average Bonchev–Trinajstić information content (AvgIpc) is 2.68. The fourth-order valence-electron chi connectivity index (χ4n) is 2.42. The van der Waals surface area contributed by atoms with Crippen LogP contribution in [-0.2, 0) is 10.0 Å². The molecule has 0 spiro atoms. The molecule has 1 heterocycles. The molecule has 126 valence electrons. The number of fused-ring (bicyclic) bond motifs is 1. The van der Waals surface area contributed by atoms with Gasteiger partial charge in [-0.3, -0.25) is 9.52 Å². The predicted octanol–water partition coefficient (Wildman–Crippen LogP) is 2.26. The minimum Gasteiger partial charge on any atom is -0.491 e. The highest BCUT2D eigenvalue weighted by Gasteiger charge is 2.22. The van der Waals surface area contributed by atoms with E-state index in [9.17, 15) is 13.2 Å². The maximum absolute atomic E-state index is 12.5. The Labute approximate surface area is 141 Å². The first-order valence-corrected chi connectivity index (χ1v) is 8.97. The van der Waals surface area contributed by atoms with Crippen molar-refractivity contribution in [1.82, 2.24) is 4.90 Å². The lowest BCUT2D eigenvalue weighted by Crippen LogP contribution is -2.27. The summed E-state index contributed by atoms with van der Waals surface area (Å²) in [5, 5.41) is 0. The maximum Gasteiger partial charge on any atom is 0.261 e. The van der Waals surface area contributed by atoms with Gasteiger partial charge in [0.1, 0.15) is 12.4 Å². The number of carbonyl (C=O) groups excluding carboxylic acids is 1. The number of hydrogen-bond donors (Lipinski definition) is 1. The Kier molecular flexibility index (Phi) is 4.19. The van der Waals surface area contributed by atoms with E-state index in [1.165, 1.54) is 6.07 Å². The van der Waals surface area contributed by atoms with Crippen LogP contribution in [0.3, 0.4) is 0 Å². The average molecular weight is 346 g/mol. The van der Waals surface area contributed by atoms with Crippen LogP contribution in [0.25, 0.3) is 0 Å². The SMILES string of the molecule is Cc1ccc(S(=O)(=O)Nc2ccc3c(c2)C(=O)N(C)CCO3)cc1. The molecular weight excluding hydrogens is 328 g/mol. The van der Waals surface area contributed by atoms with E-state index in [1.54, 1.807) is 48.3 Å². The number of aryl methyl sites for hydroxylation is 1. The van der Waals surface area contributed by atoms with Crippen LogP contribution in [0.2, 0.25) is 0 Å². The number of amides is 1. The molecule has 24 heavy (non-hydrogen) atoms. The van der Waals surface area contributed by atoms with Gasteiger partial charge in [0, 0.05) is 12.7 Å². The summed E-state index contributed by atoms with van der Waals surface area (Å²) in [7, 11) is -2.03. The van der Waals surface area contributed by atoms with E-state index in [0.717, 1.165) is 5.56 Å². The molecule has 1 aliphatic rings. The number of carbonyl (C=O) groups is 1. The van der Waals surface area contributed by atoms with Crippen LogP contribution in [-0.4, -0.2) is 39.4 Å². The second-order valence-corrected chi connectivity index (χ2v) is 7.39. The largest absolute Gasteiger partial charge is 0.491 e. The summed E-state index contributed by atoms with van der Waals surface area (Å²) in [5.74, 6) is 0.265. The zero-order chi connectivity index (χ0) is 17.3. The van der Waals surface area contributed by atoms with E-state index in [1.807, 2.05) is 6.92 Å². The van der Waals surface area contributed by atoms with Crippen molar-refractivity contribution in [1.29, 1.82) is 0 Å². The number of likely N-dealkylation sites (N-methyl/N-ethyl adjacent to an activating group) is 1. The van der Waals surface area contributed by atoms with E-state index in [4.69, 9.17) is 4.74 Å². The molecule has 6 nitrogen and oxygen atoms in total. The van der Waals surface area contributed by atoms with Crippen molar-refractivity contribution in [3.05, 3.63) is 53.6 Å². The molecule has 2 aromatic carbocycles. The van der Waals surface area contributed by atoms with Crippen molar-refractivity contribution >= 4 is 21.6 Å². The third kappa shape index (κ3) is 3.21. The third-order valence-electron chi connectivity index (χ3n) is 3.82. The van der Waals surface area contributed by atoms with Crippen molar-refractivity contribution in [2.24, 2.45) is 0 Å². The highest BCUT2D eigenvalue weighted by Crippen LogP contribution is 2.27. The lowest BCUT2D eigenvalue weighted by atomic mass is 10.1. The van der Waals surface area contributed by atoms with Gasteiger partial charge in [0.25, 0.3) is 15.9 Å². The van der Waals surface area contributed by atoms with Gasteiger partial charge >= 0.3 is 0 Å². The number of sulfonamides is 1. The summed E-state index contributed by atoms with van der Waals surface area (Å²) in [6.45, 7) is 2.78. The van der Waals surface area contributed by atoms with Crippen LogP contribution in [0.15, 0.2) is 47.4 Å². The van der Waals surface area contributed by atoms with E-state index < -0.39 is 10.0 Å². The Morgan fingerprint density at radius 1 is 1.12 bits per heavy atom. The first-order valence-electron chi connectivity index (χ1n) is 7.48. The first kappa shape index (κ1) is 16.3. The van der Waals surface area contributed by atoms with Gasteiger partial charge in [0.2, 0.25) is 0 Å². The summed E-state index contributed by atoms with van der Waals surface area (Å²) in [6.07, 6.45) is 0. The molecular formula is C17H18N2O4S. The summed E-state index contributed by atoms with van der Waals surface area (Å²) in [5.41, 5.74) is 1.64. The van der Waals surface area contributed by atoms with Crippen molar-refractivity contribution in [2.45, 2.75) is 11.8 Å². The molecule has 0 fully saturated rings. The number of hydrogen-bond acceptors (Lipinski definition) is 4. The zero-order valence-electron chi connectivity index (χ0n) is 13.4. The number of nitrogens with zero attached hydrogens (tertiary/aromatic N) is 1. The number of nitrogens with one attached hydrogen (secondary N) is 1. The molecule has 0 saturated carbocycles. The lowest BCUT2D eigenvalue weighted by Gasteiger charge is -2.13. The van der Waals surface area contributed by atoms with E-state index in [0.29, 0.717) is 30.2 Å². The van der Waals surface area contributed by atoms with E-state index in [2.05, 4.69) is 4.72 Å². The summed E-state index contributed by atoms with van der Waals surface area (Å²) in [4.78, 5) is 14.0. The van der Waals surface area contributed by atoms with Crippen molar-refractivity contribution in [3.8, 4) is 5.75 Å². The van der Waals surface area contributed by atoms with Gasteiger partial charge in [0.05, 0.1) is 17.0 Å². The Morgan fingerprint density at radius 2 is 1.83 bits per heavy atom. The van der Waals surface area contributed by atoms with Crippen molar-refractivity contribution < 1.29 is 17.9 Å². The van der Waals surface area contributed by atoms with Gasteiger partial charge in [-0.1, -0.05) is 17.7 Å². The normalized spacial score (nSPS) is 14.6. The summed E-state index contributed by atoms with van der Waals surface area (Å²) >= 11 is 0. The predicted molar refractivity (Wildman–Crippen MR) is 90.9 cm³/mol. The lowest BCUT2D eigenvalue weighted by molar-refractivity contribution is 0.0796. The molecule has 1 aliphatic heterocycles. The number of benzene rings is 2. The zero-order valence-corrected chi connectivity index (χ0v) is 14.3. The molecule has 0 unspecified atom stereocenters. The summed E-state index contributed by atoms with van der Waals surface area (Å²) in [6, 6.07) is 11.3. The fourth-order valence-corrected chi connectivity index (χ4v) is 3.47. The smallest absolute Gasteiger partial charge is 0.261 e. The monoisotopic (exact) mass is 346 g/mol. The second kappa shape index (κ2) is 6.16. The van der Waals surface area contributed by atoms with Crippen LogP contribution in [0.5, 0.6) is 5.75 Å². The second-order valence-electron chi connectivity index (χ2n) is 5.70. The Balaban J connectivity index is 1.92. The van der Waals surface area contributed by atoms with Crippen LogP contribution >= 0.6 is 0 Å². The maximum atomic E-state index is 12.5. The van der Waals surface area contributed by atoms with Gasteiger partial charge in [0.15, 0.2) is 0 Å². The van der Waals surface area contributed by atoms with Crippen LogP contribution in [0.1, 0.15) is 15.9 Å². The number of ether oxygens (including phenoxy) is 1. The van der Waals surface area contributed by atoms with Crippen LogP contribution < -0.4 is 9.46 Å². The van der Waals surface area contributed by atoms with Crippen LogP contribution in [0, 0.1) is 6.92 Å². The van der Waals surface area contributed by atoms with Gasteiger partial charge in [-0.15, -0.1) is 0 Å². The minimum absolute atomic E-state index is 0.169. The van der Waals surface area contributed by atoms with Crippen molar-refractivity contribution in [3.63, 3.8) is 0 Å². The van der Waals surface area contributed by atoms with E-state index >= 15 is 0 Å². The molecule has 0 aliphatic carbocycles. The van der Waals surface area contributed by atoms with Gasteiger partial charge < -0.3 is 9.64 Å². The summed E-state index contributed by atoms with van der Waals surface area (Å²) < 4.78 is 33.0. The number of rotatable bonds is 3. The first-order chi connectivity index (χ1) is 11.4. The van der Waals surface area contributed by atoms with Gasteiger partial charge in [-0.25, -0.2) is 8.42 Å². The standard InChI is InChI=1S/C17H18N2O4S/c1-12-3-6-14(7-4-12)24(21,22)18-13-5-8-16-15(11-13)17(20)19(2)9-10-23-16/h3-8,11,18H,9-10H2,1-2H3. The molecule has 0 radical (unpaired) electrons. The molecule has 1 amide bonds. The minimum atomic E-state index is -3.71. The van der Waals surface area contributed by atoms with Gasteiger partial charge in [-0.05, 0) is 37.3 Å². The molecule has 0 atom stereocenters. The molecule has 7 heteroatoms. The number of anilines is 1. The van der Waals surface area contributed by atoms with E-state index in [-0.39, 0.29) is 10.8 Å². The molecule has 0 saturated heterocycles. The quantitative estimate of drug-likeness (QED) is 0.925. The Morgan fingerprint density at radius 3 is 2.54 bits per heavy atom. The highest BCUT2D eigenvalue weighted by molar-refractivity contribution is 7.92. The molecule has 2 aromatic rings. The third-order valence-corrected chi connectivity index (χ3v) is 5.22. The Bertz CT molecular complexity index is 876. The van der Waals surface area contributed by atoms with Gasteiger partial charge in [-0.2, -0.15) is 0 Å². The molecule has 1 N–H and O–H groups in total. The molecule has 0 aromatic heterocycles. The molecule has 3 rings (SSSR count). The highest BCUT2D eigenvalue weighted by atomic mass is 32.2. The van der Waals surface area contributed by atoms with Crippen molar-refractivity contribution in [2.75, 3.05) is 24.9 Å². The van der Waals surface area contributed by atoms with Crippen LogP contribution in [0.4, 0.5) is 5.69 Å². The fraction of sp³-hybridized carbons (Fsp3) is 0.235.